The predicted octanol–water partition coefficient (Wildman–Crippen LogP) is 3.36. The Labute approximate surface area is 127 Å². The van der Waals surface area contributed by atoms with Crippen LogP contribution in [0.4, 0.5) is 10.5 Å². The van der Waals surface area contributed by atoms with E-state index in [4.69, 9.17) is 15.4 Å². The quantitative estimate of drug-likeness (QED) is 0.330. The summed E-state index contributed by atoms with van der Waals surface area (Å²) in [5.41, 5.74) is 9.46. The van der Waals surface area contributed by atoms with Crippen LogP contribution in [0.3, 0.4) is 0 Å². The molecule has 8 heteroatoms. The standard InChI is InChI=1S/C14H18N4O4/c1-10(13(19)20)5-4-8-16-14(21)22-9-11-6-2-3-7-12(11)17-18-15/h2-3,6-7,10H,4-5,8-9H2,1H3,(H,16,21)(H,19,20)/t10-/m0/s1. The Morgan fingerprint density at radius 2 is 2.18 bits per heavy atom. The van der Waals surface area contributed by atoms with Gasteiger partial charge in [-0.1, -0.05) is 36.3 Å². The number of rotatable bonds is 8. The van der Waals surface area contributed by atoms with E-state index < -0.39 is 18.0 Å². The molecule has 0 fully saturated rings. The third-order valence-electron chi connectivity index (χ3n) is 3.01. The van der Waals surface area contributed by atoms with E-state index in [1.807, 2.05) is 0 Å². The van der Waals surface area contributed by atoms with Gasteiger partial charge in [-0.05, 0) is 23.9 Å². The van der Waals surface area contributed by atoms with E-state index >= 15 is 0 Å². The fourth-order valence-corrected chi connectivity index (χ4v) is 1.70. The van der Waals surface area contributed by atoms with Crippen LogP contribution in [0.5, 0.6) is 0 Å². The molecule has 0 aliphatic rings. The van der Waals surface area contributed by atoms with E-state index in [1.54, 1.807) is 31.2 Å². The summed E-state index contributed by atoms with van der Waals surface area (Å²) in [7, 11) is 0. The lowest BCUT2D eigenvalue weighted by atomic mass is 10.1. The Balaban J connectivity index is 2.32. The highest BCUT2D eigenvalue weighted by Crippen LogP contribution is 2.19. The molecule has 0 saturated carbocycles. The Bertz CT molecular complexity index is 570. The predicted molar refractivity (Wildman–Crippen MR) is 79.5 cm³/mol. The number of alkyl carbamates (subject to hydrolysis) is 1. The van der Waals surface area contributed by atoms with Crippen molar-refractivity contribution in [1.82, 2.24) is 5.32 Å². The second-order valence-corrected chi connectivity index (χ2v) is 4.70. The SMILES string of the molecule is C[C@@H](CCCNC(=O)OCc1ccccc1N=[N+]=[N-])C(=O)O. The molecule has 1 aromatic rings. The molecule has 0 aliphatic heterocycles. The molecule has 2 N–H and O–H groups in total. The van der Waals surface area contributed by atoms with Crippen LogP contribution in [0.2, 0.25) is 0 Å². The lowest BCUT2D eigenvalue weighted by Gasteiger charge is -2.09. The summed E-state index contributed by atoms with van der Waals surface area (Å²) in [5, 5.41) is 14.8. The second-order valence-electron chi connectivity index (χ2n) is 4.70. The third kappa shape index (κ3) is 6.15. The zero-order valence-corrected chi connectivity index (χ0v) is 12.2. The van der Waals surface area contributed by atoms with Crippen molar-refractivity contribution in [2.24, 2.45) is 11.0 Å². The normalized spacial score (nSPS) is 11.1. The number of carboxylic acids is 1. The molecule has 0 bridgehead atoms. The minimum Gasteiger partial charge on any atom is -0.481 e. The summed E-state index contributed by atoms with van der Waals surface area (Å²) in [5.74, 6) is -1.29. The van der Waals surface area contributed by atoms with Crippen LogP contribution in [0, 0.1) is 5.92 Å². The van der Waals surface area contributed by atoms with Crippen molar-refractivity contribution in [2.75, 3.05) is 6.54 Å². The maximum absolute atomic E-state index is 11.5. The number of carbonyl (C=O) groups is 2. The molecule has 0 radical (unpaired) electrons. The van der Waals surface area contributed by atoms with E-state index in [1.165, 1.54) is 0 Å². The van der Waals surface area contributed by atoms with Gasteiger partial charge in [0.1, 0.15) is 6.61 Å². The van der Waals surface area contributed by atoms with E-state index in [9.17, 15) is 9.59 Å². The highest BCUT2D eigenvalue weighted by atomic mass is 16.5. The van der Waals surface area contributed by atoms with Crippen molar-refractivity contribution in [2.45, 2.75) is 26.4 Å². The number of carbonyl (C=O) groups excluding carboxylic acids is 1. The molecule has 1 rings (SSSR count). The van der Waals surface area contributed by atoms with Crippen molar-refractivity contribution in [3.63, 3.8) is 0 Å². The van der Waals surface area contributed by atoms with Crippen molar-refractivity contribution < 1.29 is 19.4 Å². The molecule has 0 unspecified atom stereocenters. The Morgan fingerprint density at radius 3 is 2.86 bits per heavy atom. The number of aliphatic carboxylic acids is 1. The number of carboxylic acid groups (broad SMARTS) is 1. The van der Waals surface area contributed by atoms with Crippen molar-refractivity contribution in [3.05, 3.63) is 40.3 Å². The van der Waals surface area contributed by atoms with Gasteiger partial charge >= 0.3 is 12.1 Å². The summed E-state index contributed by atoms with van der Waals surface area (Å²) in [6.45, 7) is 1.95. The zero-order valence-electron chi connectivity index (χ0n) is 12.2. The first kappa shape index (κ1) is 17.3. The van der Waals surface area contributed by atoms with Gasteiger partial charge in [0, 0.05) is 17.1 Å². The molecule has 8 nitrogen and oxygen atoms in total. The number of benzene rings is 1. The van der Waals surface area contributed by atoms with Gasteiger partial charge in [0.15, 0.2) is 0 Å². The lowest BCUT2D eigenvalue weighted by molar-refractivity contribution is -0.141. The second kappa shape index (κ2) is 9.25. The van der Waals surface area contributed by atoms with Gasteiger partial charge in [-0.2, -0.15) is 0 Å². The van der Waals surface area contributed by atoms with Gasteiger partial charge in [-0.25, -0.2) is 4.79 Å². The summed E-state index contributed by atoms with van der Waals surface area (Å²) in [6.07, 6.45) is 0.437. The van der Waals surface area contributed by atoms with Crippen molar-refractivity contribution >= 4 is 17.7 Å². The van der Waals surface area contributed by atoms with E-state index in [2.05, 4.69) is 15.3 Å². The highest BCUT2D eigenvalue weighted by molar-refractivity contribution is 5.69. The first-order valence-electron chi connectivity index (χ1n) is 6.81. The van der Waals surface area contributed by atoms with Gasteiger partial charge in [0.25, 0.3) is 0 Å². The first-order valence-corrected chi connectivity index (χ1v) is 6.81. The summed E-state index contributed by atoms with van der Waals surface area (Å²) in [4.78, 5) is 24.8. The van der Waals surface area contributed by atoms with E-state index in [-0.39, 0.29) is 6.61 Å². The smallest absolute Gasteiger partial charge is 0.407 e. The Kier molecular flexibility index (Phi) is 7.28. The van der Waals surface area contributed by atoms with E-state index in [0.717, 1.165) is 0 Å². The lowest BCUT2D eigenvalue weighted by Crippen LogP contribution is -2.25. The highest BCUT2D eigenvalue weighted by Gasteiger charge is 2.10. The molecule has 1 atom stereocenters. The number of hydrogen-bond acceptors (Lipinski definition) is 4. The molecule has 0 heterocycles. The van der Waals surface area contributed by atoms with E-state index in [0.29, 0.717) is 30.6 Å². The largest absolute Gasteiger partial charge is 0.481 e. The van der Waals surface area contributed by atoms with Gasteiger partial charge in [0.2, 0.25) is 0 Å². The van der Waals surface area contributed by atoms with Gasteiger partial charge in [-0.15, -0.1) is 0 Å². The van der Waals surface area contributed by atoms with Crippen LogP contribution in [0.25, 0.3) is 10.4 Å². The monoisotopic (exact) mass is 306 g/mol. The summed E-state index contributed by atoms with van der Waals surface area (Å²) < 4.78 is 5.02. The Hall–Kier alpha value is -2.73. The number of ether oxygens (including phenoxy) is 1. The molecule has 0 saturated heterocycles. The molecule has 1 aromatic carbocycles. The molecule has 22 heavy (non-hydrogen) atoms. The first-order chi connectivity index (χ1) is 10.5. The molecular weight excluding hydrogens is 288 g/mol. The van der Waals surface area contributed by atoms with Crippen molar-refractivity contribution in [1.29, 1.82) is 0 Å². The molecule has 1 amide bonds. The average molecular weight is 306 g/mol. The van der Waals surface area contributed by atoms with Crippen LogP contribution in [-0.4, -0.2) is 23.7 Å². The molecule has 0 spiro atoms. The summed E-state index contributed by atoms with van der Waals surface area (Å²) >= 11 is 0. The maximum atomic E-state index is 11.5. The number of amides is 1. The zero-order chi connectivity index (χ0) is 16.4. The molecule has 118 valence electrons. The third-order valence-corrected chi connectivity index (χ3v) is 3.01. The number of azide groups is 1. The van der Waals surface area contributed by atoms with Crippen LogP contribution in [0.15, 0.2) is 29.4 Å². The van der Waals surface area contributed by atoms with Crippen LogP contribution < -0.4 is 5.32 Å². The maximum Gasteiger partial charge on any atom is 0.407 e. The minimum atomic E-state index is -0.850. The van der Waals surface area contributed by atoms with Crippen LogP contribution in [0.1, 0.15) is 25.3 Å². The number of nitrogens with zero attached hydrogens (tertiary/aromatic N) is 3. The van der Waals surface area contributed by atoms with Gasteiger partial charge in [-0.3, -0.25) is 4.79 Å². The van der Waals surface area contributed by atoms with Crippen molar-refractivity contribution in [3.8, 4) is 0 Å². The number of hydrogen-bond donors (Lipinski definition) is 2. The topological polar surface area (TPSA) is 124 Å². The average Bonchev–Trinajstić information content (AvgIpc) is 2.50. The van der Waals surface area contributed by atoms with Crippen LogP contribution in [-0.2, 0) is 16.1 Å². The molecular formula is C14H18N4O4. The number of nitrogens with one attached hydrogen (secondary N) is 1. The summed E-state index contributed by atoms with van der Waals surface area (Å²) in [6, 6.07) is 6.80. The van der Waals surface area contributed by atoms with Crippen LogP contribution >= 0.6 is 0 Å². The van der Waals surface area contributed by atoms with Gasteiger partial charge < -0.3 is 15.2 Å². The Morgan fingerprint density at radius 1 is 1.45 bits per heavy atom. The molecule has 0 aliphatic carbocycles. The molecule has 0 aromatic heterocycles. The minimum absolute atomic E-state index is 0.00739. The fraction of sp³-hybridized carbons (Fsp3) is 0.429. The van der Waals surface area contributed by atoms with Gasteiger partial charge in [0.05, 0.1) is 5.92 Å². The fourth-order valence-electron chi connectivity index (χ4n) is 1.70.